The molecule has 0 aromatic heterocycles. The summed E-state index contributed by atoms with van der Waals surface area (Å²) in [5.41, 5.74) is -0.690. The zero-order valence-electron chi connectivity index (χ0n) is 9.65. The van der Waals surface area contributed by atoms with Gasteiger partial charge in [0.1, 0.15) is 5.60 Å². The first-order valence-electron chi connectivity index (χ1n) is 5.22. The minimum Gasteiger partial charge on any atom is -0.448 e. The molecule has 1 fully saturated rings. The number of hydrogen-bond donors (Lipinski definition) is 1. The zero-order valence-corrected chi connectivity index (χ0v) is 9.65. The van der Waals surface area contributed by atoms with Crippen molar-refractivity contribution in [3.63, 3.8) is 0 Å². The monoisotopic (exact) mass is 238 g/mol. The van der Waals surface area contributed by atoms with Gasteiger partial charge in [-0.2, -0.15) is 0 Å². The van der Waals surface area contributed by atoms with Crippen molar-refractivity contribution < 1.29 is 22.5 Å². The van der Waals surface area contributed by atoms with Crippen molar-refractivity contribution in [3.05, 3.63) is 0 Å². The van der Waals surface area contributed by atoms with Gasteiger partial charge >= 0.3 is 13.1 Å². The Bertz CT molecular complexity index is 281. The Hall–Kier alpha value is -0.875. The number of alkyl carbamates (subject to hydrolysis) is 1. The minimum absolute atomic E-state index is 0.103. The SMILES string of the molecule is CC(C)(C)OC(=O)NCC1([B-](F)(F)F)CC1. The third kappa shape index (κ3) is 3.32. The van der Waals surface area contributed by atoms with Gasteiger partial charge in [0.15, 0.2) is 0 Å². The van der Waals surface area contributed by atoms with E-state index in [2.05, 4.69) is 5.32 Å². The first kappa shape index (κ1) is 13.2. The van der Waals surface area contributed by atoms with E-state index in [0.29, 0.717) is 0 Å². The third-order valence-electron chi connectivity index (χ3n) is 2.57. The molecule has 0 spiro atoms. The Kier molecular flexibility index (Phi) is 3.18. The number of rotatable bonds is 3. The molecule has 94 valence electrons. The van der Waals surface area contributed by atoms with Crippen LogP contribution in [-0.4, -0.2) is 25.2 Å². The number of ether oxygens (including phenoxy) is 1. The van der Waals surface area contributed by atoms with E-state index in [9.17, 15) is 17.7 Å². The molecule has 0 atom stereocenters. The van der Waals surface area contributed by atoms with Crippen molar-refractivity contribution in [1.82, 2.24) is 5.32 Å². The van der Waals surface area contributed by atoms with Crippen molar-refractivity contribution >= 4 is 13.1 Å². The Morgan fingerprint density at radius 1 is 1.38 bits per heavy atom. The average molecular weight is 238 g/mol. The summed E-state index contributed by atoms with van der Waals surface area (Å²) in [6.07, 6.45) is -0.586. The van der Waals surface area contributed by atoms with Crippen LogP contribution < -0.4 is 5.32 Å². The molecule has 1 saturated carbocycles. The lowest BCUT2D eigenvalue weighted by atomic mass is 9.69. The first-order chi connectivity index (χ1) is 7.06. The maximum absolute atomic E-state index is 12.6. The number of carbonyl (C=O) groups is 1. The molecule has 1 N–H and O–H groups in total. The Labute approximate surface area is 92.8 Å². The van der Waals surface area contributed by atoms with Crippen molar-refractivity contribution in [2.24, 2.45) is 0 Å². The van der Waals surface area contributed by atoms with Crippen LogP contribution in [0.5, 0.6) is 0 Å². The van der Waals surface area contributed by atoms with Gasteiger partial charge in [-0.1, -0.05) is 12.8 Å². The molecule has 0 radical (unpaired) electrons. The summed E-state index contributed by atoms with van der Waals surface area (Å²) in [5, 5.41) is 0.527. The van der Waals surface area contributed by atoms with Crippen molar-refractivity contribution in [3.8, 4) is 0 Å². The van der Waals surface area contributed by atoms with Gasteiger partial charge in [0.2, 0.25) is 0 Å². The van der Waals surface area contributed by atoms with Crippen LogP contribution >= 0.6 is 0 Å². The molecule has 1 aliphatic rings. The number of carbonyl (C=O) groups excluding carboxylic acids is 1. The van der Waals surface area contributed by atoms with Gasteiger partial charge in [0.25, 0.3) is 0 Å². The van der Waals surface area contributed by atoms with E-state index in [4.69, 9.17) is 4.74 Å². The number of hydrogen-bond acceptors (Lipinski definition) is 2. The van der Waals surface area contributed by atoms with E-state index in [0.717, 1.165) is 0 Å². The number of nitrogens with one attached hydrogen (secondary N) is 1. The standard InChI is InChI=1S/C9H16BF3NO2/c1-8(2,3)16-7(15)14-6-9(4-5-9)10(11,12)13/h4-6H2,1-3H3,(H,14,15)/q-1. The van der Waals surface area contributed by atoms with Gasteiger partial charge in [0, 0.05) is 6.54 Å². The molecular formula is C9H16BF3NO2-. The molecule has 0 aliphatic heterocycles. The highest BCUT2D eigenvalue weighted by Gasteiger charge is 2.57. The predicted molar refractivity (Wildman–Crippen MR) is 55.2 cm³/mol. The van der Waals surface area contributed by atoms with Gasteiger partial charge in [0.05, 0.1) is 0 Å². The van der Waals surface area contributed by atoms with Gasteiger partial charge < -0.3 is 23.0 Å². The minimum atomic E-state index is -4.89. The highest BCUT2D eigenvalue weighted by atomic mass is 19.4. The second-order valence-electron chi connectivity index (χ2n) is 5.29. The molecular weight excluding hydrogens is 222 g/mol. The van der Waals surface area contributed by atoms with Gasteiger partial charge in [-0.05, 0) is 26.1 Å². The first-order valence-corrected chi connectivity index (χ1v) is 5.22. The Balaban J connectivity index is 2.39. The molecule has 0 unspecified atom stereocenters. The zero-order chi connectivity index (χ0) is 12.6. The Morgan fingerprint density at radius 3 is 2.19 bits per heavy atom. The van der Waals surface area contributed by atoms with Crippen LogP contribution in [-0.2, 0) is 4.74 Å². The van der Waals surface area contributed by atoms with Crippen LogP contribution in [0.15, 0.2) is 0 Å². The molecule has 0 heterocycles. The van der Waals surface area contributed by atoms with E-state index in [1.54, 1.807) is 20.8 Å². The molecule has 1 amide bonds. The third-order valence-corrected chi connectivity index (χ3v) is 2.57. The topological polar surface area (TPSA) is 38.3 Å². The quantitative estimate of drug-likeness (QED) is 0.767. The van der Waals surface area contributed by atoms with E-state index in [1.807, 2.05) is 0 Å². The second-order valence-corrected chi connectivity index (χ2v) is 5.29. The van der Waals surface area contributed by atoms with Crippen molar-refractivity contribution in [1.29, 1.82) is 0 Å². The largest absolute Gasteiger partial charge is 0.486 e. The van der Waals surface area contributed by atoms with E-state index in [-0.39, 0.29) is 19.4 Å². The van der Waals surface area contributed by atoms with Gasteiger partial charge in [-0.25, -0.2) is 4.79 Å². The van der Waals surface area contributed by atoms with Crippen LogP contribution in [0.25, 0.3) is 0 Å². The van der Waals surface area contributed by atoms with Crippen LogP contribution in [0.3, 0.4) is 0 Å². The molecule has 3 nitrogen and oxygen atoms in total. The van der Waals surface area contributed by atoms with Crippen LogP contribution in [0, 0.1) is 0 Å². The van der Waals surface area contributed by atoms with Crippen LogP contribution in [0.1, 0.15) is 33.6 Å². The lowest BCUT2D eigenvalue weighted by Gasteiger charge is -2.27. The number of amides is 1. The lowest BCUT2D eigenvalue weighted by molar-refractivity contribution is 0.0524. The fraction of sp³-hybridized carbons (Fsp3) is 0.889. The summed E-state index contributed by atoms with van der Waals surface area (Å²) in [6.45, 7) is -0.278. The molecule has 0 saturated heterocycles. The van der Waals surface area contributed by atoms with Gasteiger partial charge in [-0.3, -0.25) is 0 Å². The lowest BCUT2D eigenvalue weighted by Crippen LogP contribution is -2.39. The molecule has 0 aromatic rings. The summed E-state index contributed by atoms with van der Waals surface area (Å²) in [7, 11) is 0. The fourth-order valence-electron chi connectivity index (χ4n) is 1.34. The van der Waals surface area contributed by atoms with E-state index >= 15 is 0 Å². The maximum Gasteiger partial charge on any atom is 0.486 e. The molecule has 1 rings (SSSR count). The highest BCUT2D eigenvalue weighted by Crippen LogP contribution is 2.61. The van der Waals surface area contributed by atoms with E-state index in [1.165, 1.54) is 0 Å². The van der Waals surface area contributed by atoms with Crippen molar-refractivity contribution in [2.75, 3.05) is 6.54 Å². The molecule has 0 bridgehead atoms. The normalized spacial score (nSPS) is 19.1. The van der Waals surface area contributed by atoms with Gasteiger partial charge in [-0.15, -0.1) is 0 Å². The molecule has 16 heavy (non-hydrogen) atoms. The predicted octanol–water partition coefficient (Wildman–Crippen LogP) is 2.89. The Morgan fingerprint density at radius 2 is 1.88 bits per heavy atom. The summed E-state index contributed by atoms with van der Waals surface area (Å²) < 4.78 is 42.5. The maximum atomic E-state index is 12.6. The number of halogens is 3. The summed E-state index contributed by atoms with van der Waals surface area (Å²) in [5.74, 6) is 0. The van der Waals surface area contributed by atoms with Crippen LogP contribution in [0.4, 0.5) is 17.7 Å². The van der Waals surface area contributed by atoms with E-state index < -0.39 is 24.0 Å². The second kappa shape index (κ2) is 3.85. The summed E-state index contributed by atoms with van der Waals surface area (Å²) >= 11 is 0. The molecule has 0 aromatic carbocycles. The smallest absolute Gasteiger partial charge is 0.448 e. The summed E-state index contributed by atoms with van der Waals surface area (Å²) in [4.78, 5) is 11.2. The fourth-order valence-corrected chi connectivity index (χ4v) is 1.34. The average Bonchev–Trinajstić information content (AvgIpc) is 2.75. The van der Waals surface area contributed by atoms with Crippen molar-refractivity contribution in [2.45, 2.75) is 44.5 Å². The molecule has 7 heteroatoms. The highest BCUT2D eigenvalue weighted by molar-refractivity contribution is 6.63. The van der Waals surface area contributed by atoms with Crippen LogP contribution in [0.2, 0.25) is 5.31 Å². The molecule has 1 aliphatic carbocycles. The summed E-state index contributed by atoms with van der Waals surface area (Å²) in [6, 6.07) is 0.